The van der Waals surface area contributed by atoms with E-state index in [2.05, 4.69) is 16.7 Å². The Morgan fingerprint density at radius 1 is 1.29 bits per heavy atom. The molecule has 1 aromatic carbocycles. The largest absolute Gasteiger partial charge is 0.507 e. The van der Waals surface area contributed by atoms with Crippen LogP contribution >= 0.6 is 11.6 Å². The van der Waals surface area contributed by atoms with Crippen molar-refractivity contribution in [1.29, 1.82) is 0 Å². The fourth-order valence-corrected chi connectivity index (χ4v) is 5.64. The van der Waals surface area contributed by atoms with Crippen LogP contribution in [0.3, 0.4) is 0 Å². The van der Waals surface area contributed by atoms with Crippen molar-refractivity contribution < 1.29 is 28.3 Å². The highest BCUT2D eigenvalue weighted by atomic mass is 35.5. The average Bonchev–Trinajstić information content (AvgIpc) is 3.46. The van der Waals surface area contributed by atoms with Crippen LogP contribution in [0.25, 0.3) is 11.3 Å². The Labute approximate surface area is 221 Å². The number of phenols is 1. The van der Waals surface area contributed by atoms with Crippen LogP contribution in [0.5, 0.6) is 11.5 Å². The molecule has 3 aliphatic heterocycles. The lowest BCUT2D eigenvalue weighted by Crippen LogP contribution is -2.57. The number of piperazine rings is 1. The van der Waals surface area contributed by atoms with Crippen LogP contribution in [0.2, 0.25) is 5.02 Å². The number of benzene rings is 1. The van der Waals surface area contributed by atoms with Crippen molar-refractivity contribution in [3.8, 4) is 22.8 Å². The molecule has 2 atom stereocenters. The minimum absolute atomic E-state index is 0.0479. The van der Waals surface area contributed by atoms with Gasteiger partial charge in [-0.15, -0.1) is 0 Å². The number of phenolic OH excluding ortho intramolecular Hbond substituents is 1. The smallest absolute Gasteiger partial charge is 0.261 e. The molecule has 12 heteroatoms. The molecule has 1 fully saturated rings. The number of aromatic nitrogens is 2. The Morgan fingerprint density at radius 2 is 2.11 bits per heavy atom. The molecule has 2 amide bonds. The molecule has 0 bridgehead atoms. The molecule has 1 saturated heterocycles. The number of fused-ring (bicyclic) bond motifs is 3. The van der Waals surface area contributed by atoms with Crippen molar-refractivity contribution in [2.75, 3.05) is 31.1 Å². The zero-order chi connectivity index (χ0) is 26.7. The van der Waals surface area contributed by atoms with Crippen molar-refractivity contribution in [3.63, 3.8) is 0 Å². The summed E-state index contributed by atoms with van der Waals surface area (Å²) in [5.41, 5.74) is 1.41. The van der Waals surface area contributed by atoms with Gasteiger partial charge >= 0.3 is 0 Å². The van der Waals surface area contributed by atoms with Crippen molar-refractivity contribution in [2.45, 2.75) is 25.6 Å². The fraction of sp³-hybridized carbons (Fsp3) is 0.308. The lowest BCUT2D eigenvalue weighted by Gasteiger charge is -2.39. The Hall–Kier alpha value is -4.12. The normalized spacial score (nSPS) is 20.4. The molecule has 196 valence electrons. The van der Waals surface area contributed by atoms with E-state index in [1.807, 2.05) is 11.8 Å². The molecule has 0 aliphatic carbocycles. The highest BCUT2D eigenvalue weighted by Crippen LogP contribution is 2.48. The van der Waals surface area contributed by atoms with Gasteiger partial charge in [-0.1, -0.05) is 29.4 Å². The summed E-state index contributed by atoms with van der Waals surface area (Å²) < 4.78 is 26.3. The molecule has 0 unspecified atom stereocenters. The van der Waals surface area contributed by atoms with Crippen LogP contribution in [0.4, 0.5) is 10.2 Å². The molecule has 0 saturated carbocycles. The van der Waals surface area contributed by atoms with Gasteiger partial charge in [0.25, 0.3) is 5.91 Å². The van der Waals surface area contributed by atoms with Gasteiger partial charge in [0.15, 0.2) is 5.75 Å². The number of carbonyl (C=O) groups is 2. The van der Waals surface area contributed by atoms with Crippen molar-refractivity contribution in [2.24, 2.45) is 0 Å². The number of pyridine rings is 1. The zero-order valence-electron chi connectivity index (χ0n) is 20.4. The van der Waals surface area contributed by atoms with Crippen LogP contribution in [0.1, 0.15) is 34.6 Å². The number of hydrogen-bond donors (Lipinski definition) is 1. The van der Waals surface area contributed by atoms with Gasteiger partial charge < -0.3 is 29.1 Å². The molecule has 38 heavy (non-hydrogen) atoms. The van der Waals surface area contributed by atoms with Crippen molar-refractivity contribution in [3.05, 3.63) is 64.8 Å². The van der Waals surface area contributed by atoms with E-state index in [9.17, 15) is 19.1 Å². The number of halogens is 2. The third kappa shape index (κ3) is 3.60. The van der Waals surface area contributed by atoms with E-state index < -0.39 is 11.9 Å². The van der Waals surface area contributed by atoms with Crippen LogP contribution in [-0.4, -0.2) is 69.1 Å². The predicted octanol–water partition coefficient (Wildman–Crippen LogP) is 3.55. The van der Waals surface area contributed by atoms with E-state index in [-0.39, 0.29) is 76.7 Å². The second-order valence-corrected chi connectivity index (χ2v) is 9.79. The summed E-state index contributed by atoms with van der Waals surface area (Å²) in [6.07, 6.45) is 2.77. The van der Waals surface area contributed by atoms with E-state index in [4.69, 9.17) is 20.9 Å². The number of amides is 2. The third-order valence-corrected chi connectivity index (χ3v) is 7.67. The Bertz CT molecular complexity index is 1470. The summed E-state index contributed by atoms with van der Waals surface area (Å²) >= 11 is 6.77. The van der Waals surface area contributed by atoms with Crippen molar-refractivity contribution in [1.82, 2.24) is 19.9 Å². The van der Waals surface area contributed by atoms with Gasteiger partial charge in [-0.05, 0) is 25.1 Å². The van der Waals surface area contributed by atoms with E-state index in [0.717, 1.165) is 5.56 Å². The molecular formula is C26H23ClFN5O5. The number of ether oxygens (including phenoxy) is 1. The van der Waals surface area contributed by atoms with Gasteiger partial charge in [0.1, 0.15) is 52.2 Å². The molecule has 3 aromatic rings. The predicted molar refractivity (Wildman–Crippen MR) is 135 cm³/mol. The minimum Gasteiger partial charge on any atom is -0.507 e. The number of aromatic hydroxyl groups is 1. The van der Waals surface area contributed by atoms with Crippen LogP contribution in [0.15, 0.2) is 41.6 Å². The Balaban J connectivity index is 1.52. The summed E-state index contributed by atoms with van der Waals surface area (Å²) in [5.74, 6) is -1.40. The number of carbonyl (C=O) groups excluding carboxylic acids is 2. The Kier molecular flexibility index (Phi) is 5.75. The van der Waals surface area contributed by atoms with Gasteiger partial charge in [0.05, 0.1) is 24.2 Å². The van der Waals surface area contributed by atoms with Gasteiger partial charge in [-0.3, -0.25) is 9.59 Å². The zero-order valence-corrected chi connectivity index (χ0v) is 21.1. The molecular weight excluding hydrogens is 517 g/mol. The number of anilines is 1. The maximum atomic E-state index is 15.0. The Morgan fingerprint density at radius 3 is 2.84 bits per heavy atom. The lowest BCUT2D eigenvalue weighted by atomic mass is 10.0. The topological polar surface area (TPSA) is 112 Å². The summed E-state index contributed by atoms with van der Waals surface area (Å²) in [4.78, 5) is 36.1. The second-order valence-electron chi connectivity index (χ2n) is 9.42. The first-order valence-corrected chi connectivity index (χ1v) is 12.4. The summed E-state index contributed by atoms with van der Waals surface area (Å²) in [6.45, 7) is 6.69. The summed E-state index contributed by atoms with van der Waals surface area (Å²) in [6, 6.07) is 3.12. The number of rotatable bonds is 3. The molecule has 10 nitrogen and oxygen atoms in total. The monoisotopic (exact) mass is 539 g/mol. The summed E-state index contributed by atoms with van der Waals surface area (Å²) in [7, 11) is 0. The van der Waals surface area contributed by atoms with E-state index in [0.29, 0.717) is 18.8 Å². The number of nitrogens with zero attached hydrogens (tertiary/aromatic N) is 5. The molecule has 1 N–H and O–H groups in total. The third-order valence-electron chi connectivity index (χ3n) is 7.32. The SMILES string of the molecule is C=CC(=O)N1CCN2C(=O)c3c(N4Cc5conc5[C@@H]4C)nc(-c4c(O)cccc4F)c(Cl)c3OC[C@H]2C1. The fourth-order valence-electron chi connectivity index (χ4n) is 5.35. The van der Waals surface area contributed by atoms with Gasteiger partial charge in [-0.25, -0.2) is 9.37 Å². The molecule has 5 heterocycles. The number of hydrogen-bond acceptors (Lipinski definition) is 8. The first kappa shape index (κ1) is 24.2. The maximum absolute atomic E-state index is 15.0. The highest BCUT2D eigenvalue weighted by Gasteiger charge is 2.43. The summed E-state index contributed by atoms with van der Waals surface area (Å²) in [5, 5.41) is 14.5. The second kappa shape index (κ2) is 9.02. The lowest BCUT2D eigenvalue weighted by molar-refractivity contribution is -0.128. The van der Waals surface area contributed by atoms with Crippen molar-refractivity contribution >= 4 is 29.2 Å². The minimum atomic E-state index is -0.729. The van der Waals surface area contributed by atoms with Crippen LogP contribution in [-0.2, 0) is 11.3 Å². The van der Waals surface area contributed by atoms with Crippen LogP contribution < -0.4 is 9.64 Å². The molecule has 0 radical (unpaired) electrons. The average molecular weight is 540 g/mol. The van der Waals surface area contributed by atoms with E-state index in [1.54, 1.807) is 9.80 Å². The highest BCUT2D eigenvalue weighted by molar-refractivity contribution is 6.35. The first-order valence-electron chi connectivity index (χ1n) is 12.1. The van der Waals surface area contributed by atoms with Gasteiger partial charge in [-0.2, -0.15) is 0 Å². The molecule has 3 aliphatic rings. The van der Waals surface area contributed by atoms with Gasteiger partial charge in [0.2, 0.25) is 5.91 Å². The molecule has 0 spiro atoms. The standard InChI is InChI=1S/C26H23ClFN5O5/c1-3-18(35)31-7-8-32-15(10-31)12-37-24-20(26(32)36)25(33-9-14-11-38-30-22(14)13(33)2)29-23(21(24)27)19-16(28)5-4-6-17(19)34/h3-6,11,13,15,34H,1,7-10,12H2,2H3/t13-,15+/m0/s1. The first-order chi connectivity index (χ1) is 18.3. The van der Waals surface area contributed by atoms with Crippen LogP contribution in [0, 0.1) is 5.82 Å². The quantitative estimate of drug-likeness (QED) is 0.503. The maximum Gasteiger partial charge on any atom is 0.261 e. The molecule has 2 aromatic heterocycles. The van der Waals surface area contributed by atoms with Gasteiger partial charge in [0, 0.05) is 25.2 Å². The molecule has 6 rings (SSSR count). The van der Waals surface area contributed by atoms with E-state index in [1.165, 1.54) is 30.5 Å². The van der Waals surface area contributed by atoms with E-state index >= 15 is 0 Å².